The van der Waals surface area contributed by atoms with E-state index in [0.29, 0.717) is 18.6 Å². The first-order chi connectivity index (χ1) is 10.5. The standard InChI is InChI=1S/C16H20FNO4/c1-2-22-12-7-10(8-12)5-6-18-15(19)13-4-3-11(16(20)21)9-14(13)17/h3-4,9-10,12H,2,5-8H2,1H3,(H,18,19)(H,20,21). The predicted molar refractivity (Wildman–Crippen MR) is 78.4 cm³/mol. The normalized spacial score (nSPS) is 20.3. The van der Waals surface area contributed by atoms with Crippen molar-refractivity contribution >= 4 is 11.9 Å². The van der Waals surface area contributed by atoms with Crippen molar-refractivity contribution in [3.8, 4) is 0 Å². The van der Waals surface area contributed by atoms with Crippen LogP contribution in [0.3, 0.4) is 0 Å². The molecule has 0 aliphatic heterocycles. The Balaban J connectivity index is 1.77. The van der Waals surface area contributed by atoms with Crippen LogP contribution in [0.4, 0.5) is 4.39 Å². The second-order valence-corrected chi connectivity index (χ2v) is 5.46. The number of hydrogen-bond donors (Lipinski definition) is 2. The van der Waals surface area contributed by atoms with E-state index in [4.69, 9.17) is 9.84 Å². The van der Waals surface area contributed by atoms with E-state index in [1.807, 2.05) is 6.92 Å². The molecule has 0 spiro atoms. The van der Waals surface area contributed by atoms with Gasteiger partial charge in [0.15, 0.2) is 0 Å². The third-order valence-electron chi connectivity index (χ3n) is 3.89. The van der Waals surface area contributed by atoms with Crippen molar-refractivity contribution in [1.82, 2.24) is 5.32 Å². The van der Waals surface area contributed by atoms with Gasteiger partial charge in [0.05, 0.1) is 17.2 Å². The van der Waals surface area contributed by atoms with Crippen molar-refractivity contribution in [1.29, 1.82) is 0 Å². The van der Waals surface area contributed by atoms with Gasteiger partial charge in [0, 0.05) is 13.2 Å². The van der Waals surface area contributed by atoms with E-state index < -0.39 is 17.7 Å². The lowest BCUT2D eigenvalue weighted by atomic mass is 9.80. The number of carbonyl (C=O) groups is 2. The molecule has 0 atom stereocenters. The van der Waals surface area contributed by atoms with E-state index >= 15 is 0 Å². The molecule has 0 unspecified atom stereocenters. The maximum atomic E-state index is 13.7. The number of halogens is 1. The molecule has 1 fully saturated rings. The Morgan fingerprint density at radius 3 is 2.73 bits per heavy atom. The number of ether oxygens (including phenoxy) is 1. The molecule has 1 aliphatic carbocycles. The Morgan fingerprint density at radius 2 is 2.14 bits per heavy atom. The number of carbonyl (C=O) groups excluding carboxylic acids is 1. The number of benzene rings is 1. The fourth-order valence-corrected chi connectivity index (χ4v) is 2.60. The summed E-state index contributed by atoms with van der Waals surface area (Å²) in [5, 5.41) is 11.4. The van der Waals surface area contributed by atoms with Gasteiger partial charge in [-0.3, -0.25) is 4.79 Å². The Morgan fingerprint density at radius 1 is 1.41 bits per heavy atom. The van der Waals surface area contributed by atoms with Gasteiger partial charge in [-0.1, -0.05) is 0 Å². The Hall–Kier alpha value is -1.95. The third-order valence-corrected chi connectivity index (χ3v) is 3.89. The minimum atomic E-state index is -1.22. The molecule has 0 radical (unpaired) electrons. The van der Waals surface area contributed by atoms with Crippen LogP contribution in [0.15, 0.2) is 18.2 Å². The molecule has 1 aromatic rings. The summed E-state index contributed by atoms with van der Waals surface area (Å²) in [5.41, 5.74) is -0.309. The first-order valence-electron chi connectivity index (χ1n) is 7.44. The second-order valence-electron chi connectivity index (χ2n) is 5.46. The smallest absolute Gasteiger partial charge is 0.335 e. The quantitative estimate of drug-likeness (QED) is 0.811. The van der Waals surface area contributed by atoms with Gasteiger partial charge in [0.1, 0.15) is 5.82 Å². The summed E-state index contributed by atoms with van der Waals surface area (Å²) in [6.45, 7) is 3.17. The Labute approximate surface area is 128 Å². The predicted octanol–water partition coefficient (Wildman–Crippen LogP) is 2.46. The topological polar surface area (TPSA) is 75.6 Å². The summed E-state index contributed by atoms with van der Waals surface area (Å²) in [6, 6.07) is 3.28. The van der Waals surface area contributed by atoms with Crippen LogP contribution < -0.4 is 5.32 Å². The van der Waals surface area contributed by atoms with Crippen LogP contribution in [0, 0.1) is 11.7 Å². The summed E-state index contributed by atoms with van der Waals surface area (Å²) in [5.74, 6) is -2.02. The molecule has 0 saturated heterocycles. The van der Waals surface area contributed by atoms with Gasteiger partial charge in [-0.2, -0.15) is 0 Å². The summed E-state index contributed by atoms with van der Waals surface area (Å²) in [7, 11) is 0. The number of carboxylic acids is 1. The highest BCUT2D eigenvalue weighted by Crippen LogP contribution is 2.32. The van der Waals surface area contributed by atoms with Crippen LogP contribution in [0.1, 0.15) is 46.9 Å². The van der Waals surface area contributed by atoms with E-state index in [9.17, 15) is 14.0 Å². The molecule has 2 N–H and O–H groups in total. The molecular formula is C16H20FNO4. The molecule has 1 aliphatic rings. The van der Waals surface area contributed by atoms with Gasteiger partial charge in [0.25, 0.3) is 5.91 Å². The van der Waals surface area contributed by atoms with Crippen molar-refractivity contribution in [3.05, 3.63) is 35.1 Å². The fraction of sp³-hybridized carbons (Fsp3) is 0.500. The minimum absolute atomic E-state index is 0.134. The number of amides is 1. The maximum Gasteiger partial charge on any atom is 0.335 e. The molecule has 120 valence electrons. The first-order valence-corrected chi connectivity index (χ1v) is 7.44. The summed E-state index contributed by atoms with van der Waals surface area (Å²) in [4.78, 5) is 22.6. The molecule has 1 aromatic carbocycles. The van der Waals surface area contributed by atoms with E-state index in [-0.39, 0.29) is 11.1 Å². The Kier molecular flexibility index (Phi) is 5.49. The van der Waals surface area contributed by atoms with E-state index in [1.165, 1.54) is 12.1 Å². The van der Waals surface area contributed by atoms with Gasteiger partial charge in [-0.25, -0.2) is 9.18 Å². The monoisotopic (exact) mass is 309 g/mol. The highest BCUT2D eigenvalue weighted by atomic mass is 19.1. The van der Waals surface area contributed by atoms with Crippen molar-refractivity contribution in [2.75, 3.05) is 13.2 Å². The van der Waals surface area contributed by atoms with Crippen LogP contribution >= 0.6 is 0 Å². The van der Waals surface area contributed by atoms with Crippen LogP contribution in [-0.2, 0) is 4.74 Å². The summed E-state index contributed by atoms with van der Waals surface area (Å²) < 4.78 is 19.2. The molecule has 5 nitrogen and oxygen atoms in total. The lowest BCUT2D eigenvalue weighted by Crippen LogP contribution is -2.34. The van der Waals surface area contributed by atoms with Gasteiger partial charge >= 0.3 is 5.97 Å². The number of rotatable bonds is 7. The average Bonchev–Trinajstić information content (AvgIpc) is 2.44. The number of carboxylic acid groups (broad SMARTS) is 1. The SMILES string of the molecule is CCOC1CC(CCNC(=O)c2ccc(C(=O)O)cc2F)C1. The first kappa shape index (κ1) is 16.4. The lowest BCUT2D eigenvalue weighted by Gasteiger charge is -2.34. The van der Waals surface area contributed by atoms with Gasteiger partial charge < -0.3 is 15.2 Å². The third kappa shape index (κ3) is 4.04. The molecule has 1 saturated carbocycles. The Bertz CT molecular complexity index is 555. The van der Waals surface area contributed by atoms with E-state index in [1.54, 1.807) is 0 Å². The molecule has 6 heteroatoms. The lowest BCUT2D eigenvalue weighted by molar-refractivity contribution is -0.0261. The fourth-order valence-electron chi connectivity index (χ4n) is 2.60. The summed E-state index contributed by atoms with van der Waals surface area (Å²) in [6.07, 6.45) is 3.19. The summed E-state index contributed by atoms with van der Waals surface area (Å²) >= 11 is 0. The van der Waals surface area contributed by atoms with E-state index in [0.717, 1.165) is 31.9 Å². The zero-order chi connectivity index (χ0) is 16.1. The van der Waals surface area contributed by atoms with Gasteiger partial charge in [0.2, 0.25) is 0 Å². The number of hydrogen-bond acceptors (Lipinski definition) is 3. The van der Waals surface area contributed by atoms with Crippen molar-refractivity contribution in [2.24, 2.45) is 5.92 Å². The van der Waals surface area contributed by atoms with Crippen LogP contribution in [-0.4, -0.2) is 36.2 Å². The second kappa shape index (κ2) is 7.35. The highest BCUT2D eigenvalue weighted by molar-refractivity contribution is 5.96. The molecule has 1 amide bonds. The van der Waals surface area contributed by atoms with Crippen molar-refractivity contribution < 1.29 is 23.8 Å². The zero-order valence-electron chi connectivity index (χ0n) is 12.5. The molecule has 2 rings (SSSR count). The maximum absolute atomic E-state index is 13.7. The van der Waals surface area contributed by atoms with Crippen LogP contribution in [0.2, 0.25) is 0 Å². The van der Waals surface area contributed by atoms with Gasteiger partial charge in [-0.15, -0.1) is 0 Å². The molecule has 0 bridgehead atoms. The van der Waals surface area contributed by atoms with Crippen molar-refractivity contribution in [2.45, 2.75) is 32.3 Å². The number of nitrogens with one attached hydrogen (secondary N) is 1. The zero-order valence-corrected chi connectivity index (χ0v) is 12.5. The largest absolute Gasteiger partial charge is 0.478 e. The molecule has 0 aromatic heterocycles. The minimum Gasteiger partial charge on any atom is -0.478 e. The number of aromatic carboxylic acids is 1. The van der Waals surface area contributed by atoms with Gasteiger partial charge in [-0.05, 0) is 50.3 Å². The molecule has 0 heterocycles. The van der Waals surface area contributed by atoms with Crippen LogP contribution in [0.5, 0.6) is 0 Å². The molecule has 22 heavy (non-hydrogen) atoms. The van der Waals surface area contributed by atoms with Crippen LogP contribution in [0.25, 0.3) is 0 Å². The molecular weight excluding hydrogens is 289 g/mol. The van der Waals surface area contributed by atoms with Crippen molar-refractivity contribution in [3.63, 3.8) is 0 Å². The average molecular weight is 309 g/mol. The van der Waals surface area contributed by atoms with E-state index in [2.05, 4.69) is 5.32 Å². The highest BCUT2D eigenvalue weighted by Gasteiger charge is 2.29.